The molecule has 0 bridgehead atoms. The molecule has 1 aromatic heterocycles. The third-order valence-corrected chi connectivity index (χ3v) is 8.93. The molecule has 1 spiro atoms. The van der Waals surface area contributed by atoms with Crippen molar-refractivity contribution in [2.75, 3.05) is 11.4 Å². The van der Waals surface area contributed by atoms with E-state index in [2.05, 4.69) is 6.07 Å². The number of aromatic carboxylic acids is 1. The van der Waals surface area contributed by atoms with E-state index in [0.29, 0.717) is 22.5 Å². The van der Waals surface area contributed by atoms with Crippen molar-refractivity contribution in [2.24, 2.45) is 0 Å². The Morgan fingerprint density at radius 2 is 1.79 bits per heavy atom. The molecule has 6 rings (SSSR count). The first-order chi connectivity index (χ1) is 17.7. The Labute approximate surface area is 249 Å². The summed E-state index contributed by atoms with van der Waals surface area (Å²) in [5.41, 5.74) is 2.20. The van der Waals surface area contributed by atoms with E-state index in [1.807, 2.05) is 18.2 Å². The van der Waals surface area contributed by atoms with E-state index in [-0.39, 0.29) is 62.9 Å². The molecule has 188 valence electrons. The van der Waals surface area contributed by atoms with Crippen molar-refractivity contribution in [3.8, 4) is 0 Å². The van der Waals surface area contributed by atoms with Crippen LogP contribution in [0.4, 0.5) is 14.5 Å². The van der Waals surface area contributed by atoms with E-state index in [1.165, 1.54) is 23.8 Å². The van der Waals surface area contributed by atoms with Gasteiger partial charge in [-0.3, -0.25) is 4.79 Å². The second-order valence-electron chi connectivity index (χ2n) is 9.54. The molecule has 0 N–H and O–H groups in total. The van der Waals surface area contributed by atoms with Crippen LogP contribution in [0, 0.1) is 18.6 Å². The van der Waals surface area contributed by atoms with Gasteiger partial charge in [-0.2, -0.15) is 0 Å². The second kappa shape index (κ2) is 9.99. The molecule has 0 radical (unpaired) electrons. The number of para-hydroxylation sites is 1. The number of aromatic nitrogens is 1. The SMILES string of the molecule is Cc1c(Sc2cccc(C(=O)[O-])c2F)c2ccc(Cl)c(F)c2n1CC(=O)N1CC2(CC2)c2ccccc21.[Na+]. The number of carboxylic acid groups (broad SMARTS) is 1. The van der Waals surface area contributed by atoms with Crippen LogP contribution in [0.1, 0.15) is 34.5 Å². The zero-order chi connectivity index (χ0) is 26.1. The molecule has 1 fully saturated rings. The number of amides is 1. The summed E-state index contributed by atoms with van der Waals surface area (Å²) in [5.74, 6) is -3.41. The summed E-state index contributed by atoms with van der Waals surface area (Å²) in [4.78, 5) is 27.3. The fourth-order valence-corrected chi connectivity index (χ4v) is 6.56. The Hall–Kier alpha value is -2.36. The third kappa shape index (κ3) is 4.27. The van der Waals surface area contributed by atoms with Gasteiger partial charge in [0.25, 0.3) is 0 Å². The molecule has 38 heavy (non-hydrogen) atoms. The fraction of sp³-hybridized carbons (Fsp3) is 0.214. The van der Waals surface area contributed by atoms with Crippen LogP contribution in [0.2, 0.25) is 5.02 Å². The Morgan fingerprint density at radius 3 is 2.50 bits per heavy atom. The van der Waals surface area contributed by atoms with Crippen LogP contribution in [-0.4, -0.2) is 23.0 Å². The molecule has 3 aromatic carbocycles. The number of hydrogen-bond acceptors (Lipinski definition) is 4. The zero-order valence-electron chi connectivity index (χ0n) is 20.7. The predicted octanol–water partition coefficient (Wildman–Crippen LogP) is 2.48. The van der Waals surface area contributed by atoms with Crippen molar-refractivity contribution >= 4 is 51.8 Å². The maximum Gasteiger partial charge on any atom is 1.00 e. The minimum Gasteiger partial charge on any atom is -0.545 e. The minimum absolute atomic E-state index is 0. The van der Waals surface area contributed by atoms with Crippen molar-refractivity contribution in [1.82, 2.24) is 4.57 Å². The number of anilines is 1. The third-order valence-electron chi connectivity index (χ3n) is 7.39. The van der Waals surface area contributed by atoms with Gasteiger partial charge in [-0.15, -0.1) is 0 Å². The van der Waals surface area contributed by atoms with Gasteiger partial charge in [0.15, 0.2) is 5.82 Å². The first-order valence-corrected chi connectivity index (χ1v) is 13.0. The Kier molecular flexibility index (Phi) is 7.16. The van der Waals surface area contributed by atoms with Gasteiger partial charge in [0.1, 0.15) is 12.4 Å². The number of rotatable bonds is 5. The fourth-order valence-electron chi connectivity index (χ4n) is 5.31. The van der Waals surface area contributed by atoms with Gasteiger partial charge >= 0.3 is 29.6 Å². The van der Waals surface area contributed by atoms with E-state index in [9.17, 15) is 19.1 Å². The number of halogens is 3. The van der Waals surface area contributed by atoms with Crippen LogP contribution in [-0.2, 0) is 16.8 Å². The average Bonchev–Trinajstić information content (AvgIpc) is 3.52. The van der Waals surface area contributed by atoms with Crippen molar-refractivity contribution < 1.29 is 53.0 Å². The number of benzene rings is 3. The molecule has 10 heteroatoms. The molecular weight excluding hydrogens is 541 g/mol. The van der Waals surface area contributed by atoms with Crippen LogP contribution in [0.25, 0.3) is 10.9 Å². The van der Waals surface area contributed by atoms with Crippen LogP contribution < -0.4 is 39.6 Å². The molecule has 1 aliphatic heterocycles. The normalized spacial score (nSPS) is 15.0. The minimum atomic E-state index is -1.62. The predicted molar refractivity (Wildman–Crippen MR) is 136 cm³/mol. The summed E-state index contributed by atoms with van der Waals surface area (Å²) in [6, 6.07) is 14.9. The molecule has 1 amide bonds. The van der Waals surface area contributed by atoms with Gasteiger partial charge in [-0.25, -0.2) is 8.78 Å². The molecule has 0 unspecified atom stereocenters. The first kappa shape index (κ1) is 27.2. The van der Waals surface area contributed by atoms with E-state index in [1.54, 1.807) is 22.5 Å². The molecule has 1 aliphatic carbocycles. The standard InChI is InChI=1S/C28H21ClF2N2O3S.Na/c1-15-26(37-21-8-4-5-16(23(21)30)27(35)36)17-9-10-19(29)24(31)25(17)32(15)13-22(34)33-14-28(11-12-28)18-6-2-3-7-20(18)33;/h2-10H,11-14H2,1H3,(H,35,36);/q;+1/p-1. The molecule has 1 saturated carbocycles. The van der Waals surface area contributed by atoms with Gasteiger partial charge in [0.2, 0.25) is 5.91 Å². The smallest absolute Gasteiger partial charge is 0.545 e. The summed E-state index contributed by atoms with van der Waals surface area (Å²) in [5, 5.41) is 11.7. The summed E-state index contributed by atoms with van der Waals surface area (Å²) in [6.45, 7) is 2.19. The van der Waals surface area contributed by atoms with Crippen molar-refractivity contribution in [2.45, 2.75) is 41.5 Å². The van der Waals surface area contributed by atoms with Crippen LogP contribution >= 0.6 is 23.4 Å². The molecule has 0 saturated heterocycles. The van der Waals surface area contributed by atoms with E-state index >= 15 is 4.39 Å². The van der Waals surface area contributed by atoms with E-state index in [4.69, 9.17) is 11.6 Å². The number of carbonyl (C=O) groups is 2. The van der Waals surface area contributed by atoms with Crippen LogP contribution in [0.3, 0.4) is 0 Å². The van der Waals surface area contributed by atoms with E-state index in [0.717, 1.165) is 36.4 Å². The van der Waals surface area contributed by atoms with Crippen molar-refractivity contribution in [1.29, 1.82) is 0 Å². The molecular formula is C28H20ClF2N2NaO3S. The van der Waals surface area contributed by atoms with Gasteiger partial charge in [0, 0.05) is 44.1 Å². The molecule has 5 nitrogen and oxygen atoms in total. The van der Waals surface area contributed by atoms with E-state index < -0.39 is 23.2 Å². The van der Waals surface area contributed by atoms with Gasteiger partial charge in [0.05, 0.1) is 16.5 Å². The Balaban J connectivity index is 0.00000294. The number of hydrogen-bond donors (Lipinski definition) is 0. The maximum atomic E-state index is 15.4. The quantitative estimate of drug-likeness (QED) is 0.352. The Bertz CT molecular complexity index is 1640. The Morgan fingerprint density at radius 1 is 1.05 bits per heavy atom. The van der Waals surface area contributed by atoms with Gasteiger partial charge in [-0.1, -0.05) is 53.7 Å². The summed E-state index contributed by atoms with van der Waals surface area (Å²) in [6.07, 6.45) is 2.06. The van der Waals surface area contributed by atoms with Gasteiger partial charge in [-0.05, 0) is 49.6 Å². The topological polar surface area (TPSA) is 65.4 Å². The molecule has 2 aliphatic rings. The molecule has 4 aromatic rings. The number of nitrogens with zero attached hydrogens (tertiary/aromatic N) is 2. The number of fused-ring (bicyclic) bond motifs is 3. The van der Waals surface area contributed by atoms with Crippen molar-refractivity contribution in [3.05, 3.63) is 88.1 Å². The summed E-state index contributed by atoms with van der Waals surface area (Å²) >= 11 is 7.09. The number of carboxylic acids is 1. The second-order valence-corrected chi connectivity index (χ2v) is 11.0. The van der Waals surface area contributed by atoms with Crippen LogP contribution in [0.5, 0.6) is 0 Å². The first-order valence-electron chi connectivity index (χ1n) is 11.8. The van der Waals surface area contributed by atoms with Gasteiger partial charge < -0.3 is 19.4 Å². The largest absolute Gasteiger partial charge is 1.00 e. The maximum absolute atomic E-state index is 15.4. The summed E-state index contributed by atoms with van der Waals surface area (Å²) < 4.78 is 31.9. The average molecular weight is 561 g/mol. The molecule has 2 heterocycles. The summed E-state index contributed by atoms with van der Waals surface area (Å²) in [7, 11) is 0. The van der Waals surface area contributed by atoms with Crippen LogP contribution in [0.15, 0.2) is 64.4 Å². The van der Waals surface area contributed by atoms with Crippen molar-refractivity contribution in [3.63, 3.8) is 0 Å². The number of carbonyl (C=O) groups excluding carboxylic acids is 2. The zero-order valence-corrected chi connectivity index (χ0v) is 24.3. The molecule has 0 atom stereocenters. The monoisotopic (exact) mass is 560 g/mol.